The van der Waals surface area contributed by atoms with E-state index in [9.17, 15) is 0 Å². The molecule has 0 amide bonds. The molecule has 1 saturated carbocycles. The van der Waals surface area contributed by atoms with E-state index in [2.05, 4.69) is 5.32 Å². The lowest BCUT2D eigenvalue weighted by Gasteiger charge is -2.30. The predicted molar refractivity (Wildman–Crippen MR) is 64.9 cm³/mol. The second-order valence-corrected chi connectivity index (χ2v) is 4.80. The maximum atomic E-state index is 5.82. The van der Waals surface area contributed by atoms with Gasteiger partial charge in [0, 0.05) is 12.1 Å². The van der Waals surface area contributed by atoms with E-state index in [4.69, 9.17) is 10.2 Å². The largest absolute Gasteiger partial charge is 0.472 e. The molecule has 2 unspecified atom stereocenters. The smallest absolute Gasteiger partial charge is 0.0947 e. The van der Waals surface area contributed by atoms with Crippen molar-refractivity contribution >= 4 is 0 Å². The molecule has 1 aliphatic carbocycles. The Morgan fingerprint density at radius 3 is 2.81 bits per heavy atom. The molecule has 90 valence electrons. The molecule has 0 radical (unpaired) electrons. The summed E-state index contributed by atoms with van der Waals surface area (Å²) in [6, 6.07) is 2.01. The van der Waals surface area contributed by atoms with Gasteiger partial charge in [0.1, 0.15) is 0 Å². The van der Waals surface area contributed by atoms with E-state index >= 15 is 0 Å². The van der Waals surface area contributed by atoms with Gasteiger partial charge in [0.05, 0.1) is 12.5 Å². The average molecular weight is 222 g/mol. The van der Waals surface area contributed by atoms with Crippen LogP contribution >= 0.6 is 0 Å². The molecule has 0 aliphatic heterocycles. The van der Waals surface area contributed by atoms with Gasteiger partial charge in [-0.3, -0.25) is 0 Å². The van der Waals surface area contributed by atoms with Gasteiger partial charge in [0.25, 0.3) is 0 Å². The van der Waals surface area contributed by atoms with Gasteiger partial charge < -0.3 is 15.5 Å². The van der Waals surface area contributed by atoms with E-state index in [0.29, 0.717) is 0 Å². The standard InChI is InChI=1S/C13H22N2O/c14-7-12-3-1-2-4-13(12)9-15-8-11-5-6-16-10-11/h5-6,10,12-13,15H,1-4,7-9,14H2. The first-order valence-corrected chi connectivity index (χ1v) is 6.32. The zero-order valence-electron chi connectivity index (χ0n) is 9.82. The molecule has 1 aromatic heterocycles. The SMILES string of the molecule is NCC1CCCCC1CNCc1ccoc1. The summed E-state index contributed by atoms with van der Waals surface area (Å²) in [5.74, 6) is 1.50. The van der Waals surface area contributed by atoms with Crippen molar-refractivity contribution < 1.29 is 4.42 Å². The lowest BCUT2D eigenvalue weighted by atomic mass is 9.79. The minimum Gasteiger partial charge on any atom is -0.472 e. The number of hydrogen-bond acceptors (Lipinski definition) is 3. The normalized spacial score (nSPS) is 25.8. The Morgan fingerprint density at radius 1 is 1.31 bits per heavy atom. The van der Waals surface area contributed by atoms with Crippen molar-refractivity contribution in [2.45, 2.75) is 32.2 Å². The Labute approximate surface area is 97.4 Å². The van der Waals surface area contributed by atoms with Gasteiger partial charge >= 0.3 is 0 Å². The quantitative estimate of drug-likeness (QED) is 0.802. The Hall–Kier alpha value is -0.800. The van der Waals surface area contributed by atoms with E-state index in [1.165, 1.54) is 31.2 Å². The molecule has 2 atom stereocenters. The fraction of sp³-hybridized carbons (Fsp3) is 0.692. The fourth-order valence-corrected chi connectivity index (χ4v) is 2.66. The monoisotopic (exact) mass is 222 g/mol. The molecule has 0 saturated heterocycles. The van der Waals surface area contributed by atoms with E-state index in [1.807, 2.05) is 6.07 Å². The lowest BCUT2D eigenvalue weighted by Crippen LogP contribution is -2.34. The number of nitrogens with two attached hydrogens (primary N) is 1. The van der Waals surface area contributed by atoms with Crippen LogP contribution in [0.3, 0.4) is 0 Å². The van der Waals surface area contributed by atoms with E-state index in [1.54, 1.807) is 12.5 Å². The van der Waals surface area contributed by atoms with E-state index in [-0.39, 0.29) is 0 Å². The highest BCUT2D eigenvalue weighted by molar-refractivity contribution is 5.04. The van der Waals surface area contributed by atoms with Gasteiger partial charge in [-0.15, -0.1) is 0 Å². The number of hydrogen-bond donors (Lipinski definition) is 2. The zero-order chi connectivity index (χ0) is 11.2. The summed E-state index contributed by atoms with van der Waals surface area (Å²) in [7, 11) is 0. The van der Waals surface area contributed by atoms with Gasteiger partial charge in [-0.2, -0.15) is 0 Å². The van der Waals surface area contributed by atoms with Crippen LogP contribution in [0.5, 0.6) is 0 Å². The van der Waals surface area contributed by atoms with Crippen LogP contribution in [0.25, 0.3) is 0 Å². The van der Waals surface area contributed by atoms with Crippen LogP contribution in [0.1, 0.15) is 31.2 Å². The first kappa shape index (κ1) is 11.7. The van der Waals surface area contributed by atoms with Crippen molar-refractivity contribution in [1.82, 2.24) is 5.32 Å². The predicted octanol–water partition coefficient (Wildman–Crippen LogP) is 2.13. The highest BCUT2D eigenvalue weighted by Gasteiger charge is 2.23. The van der Waals surface area contributed by atoms with Crippen LogP contribution in [-0.2, 0) is 6.54 Å². The number of nitrogens with one attached hydrogen (secondary N) is 1. The minimum atomic E-state index is 0.727. The first-order valence-electron chi connectivity index (χ1n) is 6.32. The molecule has 1 aromatic rings. The number of rotatable bonds is 5. The molecule has 1 fully saturated rings. The summed E-state index contributed by atoms with van der Waals surface area (Å²) >= 11 is 0. The highest BCUT2D eigenvalue weighted by Crippen LogP contribution is 2.28. The Morgan fingerprint density at radius 2 is 2.12 bits per heavy atom. The third-order valence-electron chi connectivity index (χ3n) is 3.68. The third kappa shape index (κ3) is 3.09. The molecule has 0 aromatic carbocycles. The van der Waals surface area contributed by atoms with Crippen LogP contribution in [0.4, 0.5) is 0 Å². The molecule has 3 heteroatoms. The zero-order valence-corrected chi connectivity index (χ0v) is 9.82. The summed E-state index contributed by atoms with van der Waals surface area (Å²) in [5.41, 5.74) is 7.04. The van der Waals surface area contributed by atoms with Crippen molar-refractivity contribution in [3.8, 4) is 0 Å². The molecule has 0 bridgehead atoms. The Kier molecular flexibility index (Phi) is 4.43. The topological polar surface area (TPSA) is 51.2 Å². The summed E-state index contributed by atoms with van der Waals surface area (Å²) in [4.78, 5) is 0. The van der Waals surface area contributed by atoms with Gasteiger partial charge in [-0.05, 0) is 43.8 Å². The summed E-state index contributed by atoms with van der Waals surface area (Å²) in [6.07, 6.45) is 8.90. The molecule has 3 nitrogen and oxygen atoms in total. The van der Waals surface area contributed by atoms with Crippen LogP contribution < -0.4 is 11.1 Å². The van der Waals surface area contributed by atoms with Crippen LogP contribution in [0, 0.1) is 11.8 Å². The lowest BCUT2D eigenvalue weighted by molar-refractivity contribution is 0.235. The third-order valence-corrected chi connectivity index (χ3v) is 3.68. The molecular weight excluding hydrogens is 200 g/mol. The molecule has 16 heavy (non-hydrogen) atoms. The molecule has 0 spiro atoms. The molecule has 3 N–H and O–H groups in total. The van der Waals surface area contributed by atoms with Crippen molar-refractivity contribution in [2.24, 2.45) is 17.6 Å². The minimum absolute atomic E-state index is 0.727. The molecule has 2 rings (SSSR count). The second-order valence-electron chi connectivity index (χ2n) is 4.80. The Bertz CT molecular complexity index is 284. The molecule has 1 heterocycles. The number of furan rings is 1. The first-order chi connectivity index (χ1) is 7.90. The Balaban J connectivity index is 1.71. The summed E-state index contributed by atoms with van der Waals surface area (Å²) in [6.45, 7) is 2.84. The van der Waals surface area contributed by atoms with Crippen molar-refractivity contribution in [3.05, 3.63) is 24.2 Å². The van der Waals surface area contributed by atoms with Crippen molar-refractivity contribution in [2.75, 3.05) is 13.1 Å². The maximum Gasteiger partial charge on any atom is 0.0947 e. The van der Waals surface area contributed by atoms with Crippen molar-refractivity contribution in [1.29, 1.82) is 0 Å². The van der Waals surface area contributed by atoms with E-state index in [0.717, 1.165) is 31.5 Å². The molecular formula is C13H22N2O. The van der Waals surface area contributed by atoms with Gasteiger partial charge in [-0.1, -0.05) is 12.8 Å². The molecule has 1 aliphatic rings. The van der Waals surface area contributed by atoms with Gasteiger partial charge in [-0.25, -0.2) is 0 Å². The van der Waals surface area contributed by atoms with Gasteiger partial charge in [0.15, 0.2) is 0 Å². The van der Waals surface area contributed by atoms with Crippen LogP contribution in [-0.4, -0.2) is 13.1 Å². The van der Waals surface area contributed by atoms with Crippen LogP contribution in [0.15, 0.2) is 23.0 Å². The van der Waals surface area contributed by atoms with Gasteiger partial charge in [0.2, 0.25) is 0 Å². The average Bonchev–Trinajstić information content (AvgIpc) is 2.83. The van der Waals surface area contributed by atoms with Crippen molar-refractivity contribution in [3.63, 3.8) is 0 Å². The van der Waals surface area contributed by atoms with Crippen LogP contribution in [0.2, 0.25) is 0 Å². The maximum absolute atomic E-state index is 5.82. The second kappa shape index (κ2) is 6.06. The summed E-state index contributed by atoms with van der Waals surface area (Å²) in [5, 5.41) is 3.51. The fourth-order valence-electron chi connectivity index (χ4n) is 2.66. The summed E-state index contributed by atoms with van der Waals surface area (Å²) < 4.78 is 5.04. The van der Waals surface area contributed by atoms with E-state index < -0.39 is 0 Å². The highest BCUT2D eigenvalue weighted by atomic mass is 16.3.